The smallest absolute Gasteiger partial charge is 0.237 e. The van der Waals surface area contributed by atoms with Crippen LogP contribution in [0.5, 0.6) is 0 Å². The number of pyridine rings is 1. The lowest BCUT2D eigenvalue weighted by Gasteiger charge is -2.19. The van der Waals surface area contributed by atoms with Crippen molar-refractivity contribution in [3.63, 3.8) is 0 Å². The first-order valence-electron chi connectivity index (χ1n) is 6.72. The molecule has 0 radical (unpaired) electrons. The zero-order valence-electron chi connectivity index (χ0n) is 10.9. The Kier molecular flexibility index (Phi) is 4.70. The Morgan fingerprint density at radius 2 is 2.33 bits per heavy atom. The molecule has 1 fully saturated rings. The van der Waals surface area contributed by atoms with Crippen molar-refractivity contribution in [1.29, 1.82) is 0 Å². The summed E-state index contributed by atoms with van der Waals surface area (Å²) in [6.45, 7) is 2.91. The molecular weight excluding hydrogens is 226 g/mol. The molecule has 0 aromatic carbocycles. The third-order valence-electron chi connectivity index (χ3n) is 3.37. The number of carbonyl (C=O) groups excluding carboxylic acids is 1. The van der Waals surface area contributed by atoms with Crippen LogP contribution < -0.4 is 10.6 Å². The number of carbonyl (C=O) groups is 1. The van der Waals surface area contributed by atoms with Crippen LogP contribution in [-0.2, 0) is 4.79 Å². The predicted octanol–water partition coefficient (Wildman–Crippen LogP) is 1.79. The fourth-order valence-corrected chi connectivity index (χ4v) is 2.27. The molecule has 2 unspecified atom stereocenters. The van der Waals surface area contributed by atoms with Crippen molar-refractivity contribution in [1.82, 2.24) is 15.6 Å². The summed E-state index contributed by atoms with van der Waals surface area (Å²) in [5, 5.41) is 6.34. The second-order valence-electron chi connectivity index (χ2n) is 4.84. The van der Waals surface area contributed by atoms with Gasteiger partial charge >= 0.3 is 0 Å². The first-order valence-corrected chi connectivity index (χ1v) is 6.72. The molecule has 98 valence electrons. The molecule has 2 heterocycles. The topological polar surface area (TPSA) is 54.0 Å². The monoisotopic (exact) mass is 247 g/mol. The largest absolute Gasteiger partial charge is 0.347 e. The maximum absolute atomic E-state index is 12.1. The van der Waals surface area contributed by atoms with Gasteiger partial charge in [-0.25, -0.2) is 0 Å². The molecule has 2 rings (SSSR count). The van der Waals surface area contributed by atoms with Gasteiger partial charge in [-0.1, -0.05) is 18.9 Å². The van der Waals surface area contributed by atoms with E-state index in [1.165, 1.54) is 12.8 Å². The Morgan fingerprint density at radius 1 is 1.44 bits per heavy atom. The first kappa shape index (κ1) is 13.0. The quantitative estimate of drug-likeness (QED) is 0.856. The average molecular weight is 247 g/mol. The second kappa shape index (κ2) is 6.50. The standard InChI is InChI=1S/C14H21N3O/c1-11(12-7-4-6-10-15-12)17-14(18)13-8-3-2-5-9-16-13/h4,6-7,10-11,13,16H,2-3,5,8-9H2,1H3,(H,17,18). The molecule has 1 amide bonds. The molecule has 0 aliphatic carbocycles. The third kappa shape index (κ3) is 3.53. The molecule has 2 N–H and O–H groups in total. The molecule has 0 spiro atoms. The van der Waals surface area contributed by atoms with Crippen LogP contribution in [0.4, 0.5) is 0 Å². The van der Waals surface area contributed by atoms with Crippen LogP contribution in [0, 0.1) is 0 Å². The summed E-state index contributed by atoms with van der Waals surface area (Å²) < 4.78 is 0. The number of hydrogen-bond acceptors (Lipinski definition) is 3. The summed E-state index contributed by atoms with van der Waals surface area (Å²) in [6, 6.07) is 5.67. The fraction of sp³-hybridized carbons (Fsp3) is 0.571. The molecule has 1 aromatic heterocycles. The number of amides is 1. The number of rotatable bonds is 3. The molecular formula is C14H21N3O. The van der Waals surface area contributed by atoms with E-state index in [4.69, 9.17) is 0 Å². The van der Waals surface area contributed by atoms with Gasteiger partial charge in [0.1, 0.15) is 0 Å². The highest BCUT2D eigenvalue weighted by molar-refractivity contribution is 5.82. The molecule has 0 saturated carbocycles. The van der Waals surface area contributed by atoms with E-state index in [2.05, 4.69) is 15.6 Å². The van der Waals surface area contributed by atoms with Crippen LogP contribution in [0.25, 0.3) is 0 Å². The van der Waals surface area contributed by atoms with Gasteiger partial charge in [0.05, 0.1) is 17.8 Å². The highest BCUT2D eigenvalue weighted by Crippen LogP contribution is 2.12. The van der Waals surface area contributed by atoms with E-state index in [9.17, 15) is 4.79 Å². The summed E-state index contributed by atoms with van der Waals surface area (Å²) in [5.74, 6) is 0.0926. The molecule has 1 aliphatic heterocycles. The third-order valence-corrected chi connectivity index (χ3v) is 3.37. The van der Waals surface area contributed by atoms with Gasteiger partial charge in [0, 0.05) is 6.20 Å². The maximum Gasteiger partial charge on any atom is 0.237 e. The first-order chi connectivity index (χ1) is 8.77. The Balaban J connectivity index is 1.90. The predicted molar refractivity (Wildman–Crippen MR) is 71.1 cm³/mol. The fourth-order valence-electron chi connectivity index (χ4n) is 2.27. The molecule has 18 heavy (non-hydrogen) atoms. The van der Waals surface area contributed by atoms with Gasteiger partial charge < -0.3 is 10.6 Å². The van der Waals surface area contributed by atoms with Crippen molar-refractivity contribution in [3.05, 3.63) is 30.1 Å². The van der Waals surface area contributed by atoms with Gasteiger partial charge in [0.15, 0.2) is 0 Å². The summed E-state index contributed by atoms with van der Waals surface area (Å²) in [4.78, 5) is 16.4. The summed E-state index contributed by atoms with van der Waals surface area (Å²) in [6.07, 6.45) is 6.19. The van der Waals surface area contributed by atoms with Crippen LogP contribution in [0.1, 0.15) is 44.3 Å². The SMILES string of the molecule is CC(NC(=O)C1CCCCCN1)c1ccccn1. The molecule has 0 bridgehead atoms. The lowest BCUT2D eigenvalue weighted by atomic mass is 10.1. The maximum atomic E-state index is 12.1. The minimum Gasteiger partial charge on any atom is -0.347 e. The lowest BCUT2D eigenvalue weighted by molar-refractivity contribution is -0.123. The van der Waals surface area contributed by atoms with E-state index in [1.807, 2.05) is 25.1 Å². The van der Waals surface area contributed by atoms with E-state index < -0.39 is 0 Å². The van der Waals surface area contributed by atoms with Gasteiger partial charge in [-0.15, -0.1) is 0 Å². The van der Waals surface area contributed by atoms with Crippen molar-refractivity contribution in [2.24, 2.45) is 0 Å². The van der Waals surface area contributed by atoms with Crippen LogP contribution in [-0.4, -0.2) is 23.5 Å². The molecule has 2 atom stereocenters. The van der Waals surface area contributed by atoms with Gasteiger partial charge in [0.2, 0.25) is 5.91 Å². The minimum atomic E-state index is -0.0429. The van der Waals surface area contributed by atoms with Crippen LogP contribution >= 0.6 is 0 Å². The van der Waals surface area contributed by atoms with Crippen LogP contribution in [0.2, 0.25) is 0 Å². The van der Waals surface area contributed by atoms with E-state index in [1.54, 1.807) is 6.20 Å². The Labute approximate surface area is 108 Å². The Bertz CT molecular complexity index is 372. The number of nitrogens with zero attached hydrogens (tertiary/aromatic N) is 1. The number of nitrogens with one attached hydrogen (secondary N) is 2. The van der Waals surface area contributed by atoms with Crippen LogP contribution in [0.15, 0.2) is 24.4 Å². The highest BCUT2D eigenvalue weighted by Gasteiger charge is 2.21. The highest BCUT2D eigenvalue weighted by atomic mass is 16.2. The minimum absolute atomic E-state index is 0.0382. The summed E-state index contributed by atoms with van der Waals surface area (Å²) in [5.41, 5.74) is 0.902. The van der Waals surface area contributed by atoms with Gasteiger partial charge in [-0.2, -0.15) is 0 Å². The Hall–Kier alpha value is -1.42. The van der Waals surface area contributed by atoms with E-state index >= 15 is 0 Å². The van der Waals surface area contributed by atoms with Crippen LogP contribution in [0.3, 0.4) is 0 Å². The van der Waals surface area contributed by atoms with Gasteiger partial charge in [0.25, 0.3) is 0 Å². The summed E-state index contributed by atoms with van der Waals surface area (Å²) in [7, 11) is 0. The molecule has 1 aromatic rings. The molecule has 4 nitrogen and oxygen atoms in total. The zero-order chi connectivity index (χ0) is 12.8. The second-order valence-corrected chi connectivity index (χ2v) is 4.84. The summed E-state index contributed by atoms with van der Waals surface area (Å²) >= 11 is 0. The Morgan fingerprint density at radius 3 is 3.11 bits per heavy atom. The van der Waals surface area contributed by atoms with Crippen molar-refractivity contribution < 1.29 is 4.79 Å². The zero-order valence-corrected chi connectivity index (χ0v) is 10.9. The molecule has 1 saturated heterocycles. The average Bonchev–Trinajstić information content (AvgIpc) is 2.68. The van der Waals surface area contributed by atoms with Crippen molar-refractivity contribution in [2.75, 3.05) is 6.54 Å². The van der Waals surface area contributed by atoms with Gasteiger partial charge in [-0.3, -0.25) is 9.78 Å². The van der Waals surface area contributed by atoms with Crippen molar-refractivity contribution in [2.45, 2.75) is 44.7 Å². The van der Waals surface area contributed by atoms with E-state index in [0.29, 0.717) is 0 Å². The number of aromatic nitrogens is 1. The number of hydrogen-bond donors (Lipinski definition) is 2. The molecule has 4 heteroatoms. The molecule has 1 aliphatic rings. The normalized spacial score (nSPS) is 21.9. The lowest BCUT2D eigenvalue weighted by Crippen LogP contribution is -2.44. The van der Waals surface area contributed by atoms with Gasteiger partial charge in [-0.05, 0) is 38.4 Å². The van der Waals surface area contributed by atoms with E-state index in [0.717, 1.165) is 25.1 Å². The van der Waals surface area contributed by atoms with Crippen molar-refractivity contribution in [3.8, 4) is 0 Å². The van der Waals surface area contributed by atoms with Crippen molar-refractivity contribution >= 4 is 5.91 Å². The van der Waals surface area contributed by atoms with E-state index in [-0.39, 0.29) is 18.0 Å².